The van der Waals surface area contributed by atoms with Crippen molar-refractivity contribution in [1.29, 1.82) is 0 Å². The molecule has 0 unspecified atom stereocenters. The van der Waals surface area contributed by atoms with Crippen LogP contribution in [0.1, 0.15) is 32.0 Å². The molecule has 0 saturated heterocycles. The predicted octanol–water partition coefficient (Wildman–Crippen LogP) is 3.24. The van der Waals surface area contributed by atoms with E-state index in [-0.39, 0.29) is 0 Å². The first-order valence-electron chi connectivity index (χ1n) is 7.33. The lowest BCUT2D eigenvalue weighted by Crippen LogP contribution is -2.38. The van der Waals surface area contributed by atoms with E-state index in [0.717, 1.165) is 17.8 Å². The van der Waals surface area contributed by atoms with Gasteiger partial charge >= 0.3 is 0 Å². The molecule has 2 rings (SSSR count). The molecule has 0 aliphatic carbocycles. The van der Waals surface area contributed by atoms with E-state index >= 15 is 0 Å². The number of aryl methyl sites for hydroxylation is 1. The number of likely N-dealkylation sites (N-methyl/N-ethyl adjacent to an activating group) is 1. The second-order valence-corrected chi connectivity index (χ2v) is 6.13. The summed E-state index contributed by atoms with van der Waals surface area (Å²) in [4.78, 5) is 6.69. The van der Waals surface area contributed by atoms with Gasteiger partial charge in [-0.3, -0.25) is 4.90 Å². The lowest BCUT2D eigenvalue weighted by Gasteiger charge is -2.27. The van der Waals surface area contributed by atoms with E-state index in [2.05, 4.69) is 23.7 Å². The van der Waals surface area contributed by atoms with Crippen molar-refractivity contribution in [1.82, 2.24) is 9.88 Å². The average molecular weight is 288 g/mol. The molecule has 0 fully saturated rings. The third kappa shape index (κ3) is 4.69. The van der Waals surface area contributed by atoms with Gasteiger partial charge in [0.25, 0.3) is 0 Å². The summed E-state index contributed by atoms with van der Waals surface area (Å²) in [5.41, 5.74) is 2.38. The summed E-state index contributed by atoms with van der Waals surface area (Å²) in [5.74, 6) is 0.643. The van der Waals surface area contributed by atoms with Gasteiger partial charge < -0.3 is 9.52 Å². The predicted molar refractivity (Wildman–Crippen MR) is 83.9 cm³/mol. The zero-order valence-corrected chi connectivity index (χ0v) is 13.3. The topological polar surface area (TPSA) is 49.5 Å². The van der Waals surface area contributed by atoms with Gasteiger partial charge in [0.05, 0.1) is 11.3 Å². The van der Waals surface area contributed by atoms with Crippen molar-refractivity contribution >= 4 is 0 Å². The molecule has 2 aromatic rings. The lowest BCUT2D eigenvalue weighted by molar-refractivity contribution is 0.0349. The summed E-state index contributed by atoms with van der Waals surface area (Å²) >= 11 is 0. The minimum Gasteiger partial charge on any atom is -0.444 e. The van der Waals surface area contributed by atoms with E-state index in [0.29, 0.717) is 19.0 Å². The molecule has 1 heterocycles. The summed E-state index contributed by atoms with van der Waals surface area (Å²) in [6.45, 7) is 9.91. The van der Waals surface area contributed by atoms with Gasteiger partial charge in [-0.25, -0.2) is 4.98 Å². The Balaban J connectivity index is 2.07. The highest BCUT2D eigenvalue weighted by Gasteiger charge is 2.18. The Kier molecular flexibility index (Phi) is 4.80. The number of nitrogens with zero attached hydrogens (tertiary/aromatic N) is 2. The van der Waals surface area contributed by atoms with Crippen LogP contribution in [0.25, 0.3) is 11.5 Å². The van der Waals surface area contributed by atoms with Crippen LogP contribution in [-0.2, 0) is 6.54 Å². The molecule has 0 spiro atoms. The van der Waals surface area contributed by atoms with Gasteiger partial charge in [-0.1, -0.05) is 24.6 Å². The first-order chi connectivity index (χ1) is 9.87. The molecule has 0 atom stereocenters. The van der Waals surface area contributed by atoms with Crippen molar-refractivity contribution in [2.75, 3.05) is 13.1 Å². The molecule has 1 aromatic heterocycles. The number of rotatable bonds is 6. The van der Waals surface area contributed by atoms with Crippen molar-refractivity contribution in [3.05, 3.63) is 41.8 Å². The van der Waals surface area contributed by atoms with Gasteiger partial charge in [0, 0.05) is 18.7 Å². The van der Waals surface area contributed by atoms with Crippen LogP contribution in [0.5, 0.6) is 0 Å². The second-order valence-electron chi connectivity index (χ2n) is 6.13. The molecule has 0 radical (unpaired) electrons. The van der Waals surface area contributed by atoms with Crippen molar-refractivity contribution in [2.24, 2.45) is 0 Å². The van der Waals surface area contributed by atoms with Crippen LogP contribution in [0.15, 0.2) is 34.9 Å². The lowest BCUT2D eigenvalue weighted by atomic mass is 10.1. The first kappa shape index (κ1) is 15.7. The molecule has 4 nitrogen and oxygen atoms in total. The van der Waals surface area contributed by atoms with Crippen molar-refractivity contribution in [3.8, 4) is 11.5 Å². The van der Waals surface area contributed by atoms with Crippen LogP contribution < -0.4 is 0 Å². The minimum absolute atomic E-state index is 0.607. The van der Waals surface area contributed by atoms with Crippen molar-refractivity contribution < 1.29 is 9.52 Å². The fraction of sp³-hybridized carbons (Fsp3) is 0.471. The molecule has 4 heteroatoms. The quantitative estimate of drug-likeness (QED) is 0.886. The normalized spacial score (nSPS) is 12.1. The highest BCUT2D eigenvalue weighted by atomic mass is 16.3. The zero-order valence-electron chi connectivity index (χ0n) is 13.3. The second kappa shape index (κ2) is 6.41. The van der Waals surface area contributed by atoms with E-state index in [1.807, 2.05) is 38.1 Å². The van der Waals surface area contributed by atoms with Crippen molar-refractivity contribution in [2.45, 2.75) is 39.8 Å². The Hall–Kier alpha value is -1.65. The van der Waals surface area contributed by atoms with E-state index in [4.69, 9.17) is 4.42 Å². The molecule has 21 heavy (non-hydrogen) atoms. The fourth-order valence-corrected chi connectivity index (χ4v) is 2.26. The Bertz CT molecular complexity index is 567. The van der Waals surface area contributed by atoms with E-state index < -0.39 is 5.60 Å². The molecule has 0 saturated carbocycles. The average Bonchev–Trinajstić information content (AvgIpc) is 2.85. The minimum atomic E-state index is -0.709. The van der Waals surface area contributed by atoms with Gasteiger partial charge in [-0.15, -0.1) is 0 Å². The highest BCUT2D eigenvalue weighted by molar-refractivity contribution is 5.53. The Labute approximate surface area is 126 Å². The van der Waals surface area contributed by atoms with Crippen molar-refractivity contribution in [3.63, 3.8) is 0 Å². The summed E-state index contributed by atoms with van der Waals surface area (Å²) < 4.78 is 5.57. The van der Waals surface area contributed by atoms with Gasteiger partial charge in [0.15, 0.2) is 0 Å². The molecule has 0 aliphatic rings. The van der Waals surface area contributed by atoms with Gasteiger partial charge in [-0.05, 0) is 39.4 Å². The van der Waals surface area contributed by atoms with Gasteiger partial charge in [0.2, 0.25) is 5.89 Å². The fourth-order valence-electron chi connectivity index (χ4n) is 2.26. The van der Waals surface area contributed by atoms with Crippen LogP contribution in [0, 0.1) is 6.92 Å². The molecular formula is C17H24N2O2. The summed E-state index contributed by atoms with van der Waals surface area (Å²) in [5, 5.41) is 9.92. The number of aliphatic hydroxyl groups is 1. The Morgan fingerprint density at radius 1 is 1.24 bits per heavy atom. The summed E-state index contributed by atoms with van der Waals surface area (Å²) in [7, 11) is 0. The maximum absolute atomic E-state index is 9.92. The standard InChI is InChI=1S/C17H24N2O2/c1-5-19(12-17(3,4)20)10-15-11-21-16(18-15)14-8-6-13(2)7-9-14/h6-9,11,20H,5,10,12H2,1-4H3. The first-order valence-corrected chi connectivity index (χ1v) is 7.33. The Morgan fingerprint density at radius 3 is 2.48 bits per heavy atom. The smallest absolute Gasteiger partial charge is 0.226 e. The molecule has 114 valence electrons. The molecular weight excluding hydrogens is 264 g/mol. The summed E-state index contributed by atoms with van der Waals surface area (Å²) in [6, 6.07) is 8.12. The van der Waals surface area contributed by atoms with Crippen LogP contribution in [-0.4, -0.2) is 33.7 Å². The van der Waals surface area contributed by atoms with Crippen LogP contribution >= 0.6 is 0 Å². The maximum atomic E-state index is 9.92. The third-order valence-electron chi connectivity index (χ3n) is 3.29. The number of hydrogen-bond donors (Lipinski definition) is 1. The van der Waals surface area contributed by atoms with Crippen LogP contribution in [0.3, 0.4) is 0 Å². The Morgan fingerprint density at radius 2 is 1.90 bits per heavy atom. The van der Waals surface area contributed by atoms with E-state index in [1.54, 1.807) is 6.26 Å². The van der Waals surface area contributed by atoms with Crippen LogP contribution in [0.2, 0.25) is 0 Å². The molecule has 1 aromatic carbocycles. The molecule has 0 bridgehead atoms. The molecule has 0 aliphatic heterocycles. The molecule has 1 N–H and O–H groups in total. The number of hydrogen-bond acceptors (Lipinski definition) is 4. The third-order valence-corrected chi connectivity index (χ3v) is 3.29. The number of benzene rings is 1. The maximum Gasteiger partial charge on any atom is 0.226 e. The SMILES string of the molecule is CCN(Cc1coc(-c2ccc(C)cc2)n1)CC(C)(C)O. The largest absolute Gasteiger partial charge is 0.444 e. The number of aromatic nitrogens is 1. The van der Waals surface area contributed by atoms with Gasteiger partial charge in [0.1, 0.15) is 6.26 Å². The van der Waals surface area contributed by atoms with E-state index in [9.17, 15) is 5.11 Å². The van der Waals surface area contributed by atoms with Gasteiger partial charge in [-0.2, -0.15) is 0 Å². The zero-order chi connectivity index (χ0) is 15.5. The number of oxazole rings is 1. The highest BCUT2D eigenvalue weighted by Crippen LogP contribution is 2.20. The van der Waals surface area contributed by atoms with Crippen LogP contribution in [0.4, 0.5) is 0 Å². The van der Waals surface area contributed by atoms with E-state index in [1.165, 1.54) is 5.56 Å². The summed E-state index contributed by atoms with van der Waals surface area (Å²) in [6.07, 6.45) is 1.70. The monoisotopic (exact) mass is 288 g/mol. The molecule has 0 amide bonds.